The van der Waals surface area contributed by atoms with E-state index in [4.69, 9.17) is 31.4 Å². The molecule has 4 rings (SSSR count). The number of amides is 4. The Balaban J connectivity index is 0.000000908. The van der Waals surface area contributed by atoms with Crippen molar-refractivity contribution in [2.24, 2.45) is 5.73 Å². The molecule has 0 fully saturated rings. The minimum atomic E-state index is -1.58. The lowest BCUT2D eigenvalue weighted by Crippen LogP contribution is -2.41. The average Bonchev–Trinajstić information content (AvgIpc) is 3.36. The predicted octanol–water partition coefficient (Wildman–Crippen LogP) is 4.89. The quantitative estimate of drug-likeness (QED) is 0.163. The molecule has 1 aliphatic heterocycles. The van der Waals surface area contributed by atoms with Crippen LogP contribution in [0.25, 0.3) is 0 Å². The topological polar surface area (TPSA) is 190 Å². The summed E-state index contributed by atoms with van der Waals surface area (Å²) < 4.78 is 37.5. The highest BCUT2D eigenvalue weighted by Gasteiger charge is 2.36. The van der Waals surface area contributed by atoms with Crippen molar-refractivity contribution in [2.45, 2.75) is 25.6 Å². The first kappa shape index (κ1) is 40.7. The molecule has 0 radical (unpaired) electrons. The largest absolute Gasteiger partial charge is 0.445 e. The van der Waals surface area contributed by atoms with Crippen molar-refractivity contribution in [1.82, 2.24) is 14.7 Å². The number of carbonyl (C=O) groups is 4. The fraction of sp³-hybridized carbons (Fsp3) is 0.333. The third-order valence-corrected chi connectivity index (χ3v) is 6.49. The molecular formula is C33H44F2N6O7. The molecule has 4 amide bonds. The van der Waals surface area contributed by atoms with Crippen molar-refractivity contribution in [3.05, 3.63) is 107 Å². The first-order valence-electron chi connectivity index (χ1n) is 14.6. The summed E-state index contributed by atoms with van der Waals surface area (Å²) in [6.07, 6.45) is -4.03. The van der Waals surface area contributed by atoms with Gasteiger partial charge in [-0.15, -0.1) is 0 Å². The van der Waals surface area contributed by atoms with Gasteiger partial charge in [-0.05, 0) is 23.3 Å². The van der Waals surface area contributed by atoms with Gasteiger partial charge in [-0.25, -0.2) is 29.4 Å². The van der Waals surface area contributed by atoms with Gasteiger partial charge in [0, 0.05) is 29.2 Å². The summed E-state index contributed by atoms with van der Waals surface area (Å²) in [5.41, 5.74) is 17.4. The van der Waals surface area contributed by atoms with Crippen LogP contribution in [-0.2, 0) is 22.7 Å². The number of ether oxygens (including phenoxy) is 2. The molecule has 2 atom stereocenters. The van der Waals surface area contributed by atoms with Gasteiger partial charge >= 0.3 is 12.2 Å². The average molecular weight is 675 g/mol. The number of imide groups is 1. The summed E-state index contributed by atoms with van der Waals surface area (Å²) in [6, 6.07) is 24.8. The Kier molecular flexibility index (Phi) is 18.9. The summed E-state index contributed by atoms with van der Waals surface area (Å²) in [4.78, 5) is 51.1. The van der Waals surface area contributed by atoms with E-state index in [-0.39, 0.29) is 45.4 Å². The molecule has 3 aromatic rings. The van der Waals surface area contributed by atoms with Crippen LogP contribution in [0.1, 0.15) is 33.3 Å². The Hall–Kier alpha value is -5.28. The molecule has 0 aliphatic carbocycles. The standard InChI is InChI=1S/C20H19FN2O4.C12H17FN2O2.CH4O.H2N2.H2/c1-22(20(26)27-13-14-7-3-2-4-8-14)11-15(21)12-23-18(24)16-9-5-6-10-17(16)19(23)25;1-15(8-11(13)7-14)12(16)17-9-10-5-3-2-4-6-10;2*1-2;/h2-10,15H,11-13H2,1H3;2-6,11H,7-9,14H2,1H3;2H,1H3;1-2H;1H. The van der Waals surface area contributed by atoms with Crippen LogP contribution in [0.5, 0.6) is 0 Å². The third kappa shape index (κ3) is 13.2. The molecule has 0 saturated heterocycles. The maximum Gasteiger partial charge on any atom is 0.409 e. The van der Waals surface area contributed by atoms with Crippen molar-refractivity contribution >= 4 is 24.0 Å². The second kappa shape index (κ2) is 22.3. The highest BCUT2D eigenvalue weighted by molar-refractivity contribution is 6.21. The van der Waals surface area contributed by atoms with E-state index >= 15 is 0 Å². The van der Waals surface area contributed by atoms with Crippen LogP contribution in [0.15, 0.2) is 84.9 Å². The van der Waals surface area contributed by atoms with Gasteiger partial charge in [0.15, 0.2) is 0 Å². The van der Waals surface area contributed by atoms with Crippen LogP contribution in [0, 0.1) is 11.1 Å². The van der Waals surface area contributed by atoms with Gasteiger partial charge in [-0.3, -0.25) is 14.5 Å². The summed E-state index contributed by atoms with van der Waals surface area (Å²) >= 11 is 0. The van der Waals surface area contributed by atoms with Gasteiger partial charge < -0.3 is 30.1 Å². The lowest BCUT2D eigenvalue weighted by molar-refractivity contribution is 0.0583. The summed E-state index contributed by atoms with van der Waals surface area (Å²) in [5.74, 6) is -1.04. The number of nitrogens with zero attached hydrogens (tertiary/aromatic N) is 3. The zero-order chi connectivity index (χ0) is 36.1. The van der Waals surface area contributed by atoms with Crippen molar-refractivity contribution in [1.29, 1.82) is 11.1 Å². The first-order valence-corrected chi connectivity index (χ1v) is 14.6. The fourth-order valence-electron chi connectivity index (χ4n) is 4.14. The van der Waals surface area contributed by atoms with Gasteiger partial charge in [0.1, 0.15) is 25.6 Å². The molecule has 1 heterocycles. The van der Waals surface area contributed by atoms with Crippen LogP contribution < -0.4 is 5.73 Å². The number of aliphatic hydroxyl groups excluding tert-OH is 1. The smallest absolute Gasteiger partial charge is 0.409 e. The zero-order valence-electron chi connectivity index (χ0n) is 27.1. The predicted molar refractivity (Wildman–Crippen MR) is 175 cm³/mol. The van der Waals surface area contributed by atoms with Gasteiger partial charge in [-0.1, -0.05) is 72.8 Å². The number of nitrogens with one attached hydrogen (secondary N) is 2. The molecule has 0 aromatic heterocycles. The number of hydrogen-bond acceptors (Lipinski definition) is 10. The molecule has 0 bridgehead atoms. The van der Waals surface area contributed by atoms with Crippen molar-refractivity contribution in [2.75, 3.05) is 47.4 Å². The van der Waals surface area contributed by atoms with E-state index < -0.39 is 42.9 Å². The first-order chi connectivity index (χ1) is 23.1. The molecule has 2 unspecified atom stereocenters. The van der Waals surface area contributed by atoms with E-state index in [1.165, 1.54) is 31.1 Å². The minimum Gasteiger partial charge on any atom is -0.445 e. The van der Waals surface area contributed by atoms with Crippen LogP contribution in [0.2, 0.25) is 0 Å². The normalized spacial score (nSPS) is 12.4. The number of alkyl halides is 2. The molecular weight excluding hydrogens is 630 g/mol. The van der Waals surface area contributed by atoms with E-state index in [1.54, 1.807) is 12.1 Å². The molecule has 5 N–H and O–H groups in total. The zero-order valence-corrected chi connectivity index (χ0v) is 27.1. The number of fused-ring (bicyclic) bond motifs is 1. The summed E-state index contributed by atoms with van der Waals surface area (Å²) in [7, 11) is 3.89. The SMILES string of the molecule is CN(CC(F)CN)C(=O)OCc1ccccc1.CN(CC(F)CN1C(=O)c2ccccc2C1=O)C(=O)OCc1ccccc1.CO.N=N.[HH]. The van der Waals surface area contributed by atoms with E-state index in [0.29, 0.717) is 0 Å². The van der Waals surface area contributed by atoms with E-state index in [1.807, 2.05) is 60.7 Å². The van der Waals surface area contributed by atoms with Gasteiger partial charge in [0.25, 0.3) is 11.8 Å². The Morgan fingerprint density at radius 2 is 1.10 bits per heavy atom. The number of rotatable bonds is 11. The number of hydrogen-bond donors (Lipinski definition) is 4. The number of carbonyl (C=O) groups excluding carboxylic acids is 4. The number of aliphatic hydroxyl groups is 1. The molecule has 1 aliphatic rings. The Morgan fingerprint density at radius 1 is 0.750 bits per heavy atom. The second-order valence-electron chi connectivity index (χ2n) is 10.0. The van der Waals surface area contributed by atoms with Gasteiger partial charge in [0.2, 0.25) is 0 Å². The van der Waals surface area contributed by atoms with Crippen LogP contribution in [0.4, 0.5) is 18.4 Å². The molecule has 13 nitrogen and oxygen atoms in total. The van der Waals surface area contributed by atoms with Crippen molar-refractivity contribution in [3.8, 4) is 0 Å². The van der Waals surface area contributed by atoms with Gasteiger partial charge in [0.05, 0.1) is 30.8 Å². The third-order valence-electron chi connectivity index (χ3n) is 6.49. The van der Waals surface area contributed by atoms with Gasteiger partial charge in [-0.2, -0.15) is 0 Å². The van der Waals surface area contributed by atoms with E-state index in [2.05, 4.69) is 0 Å². The summed E-state index contributed by atoms with van der Waals surface area (Å²) in [5, 5.41) is 7.00. The lowest BCUT2D eigenvalue weighted by atomic mass is 10.1. The second-order valence-corrected chi connectivity index (χ2v) is 10.0. The molecule has 3 aromatic carbocycles. The van der Waals surface area contributed by atoms with E-state index in [9.17, 15) is 28.0 Å². The molecule has 262 valence electrons. The van der Waals surface area contributed by atoms with Crippen molar-refractivity contribution in [3.63, 3.8) is 0 Å². The maximum absolute atomic E-state index is 14.4. The Morgan fingerprint density at radius 3 is 1.48 bits per heavy atom. The minimum absolute atomic E-state index is 0. The van der Waals surface area contributed by atoms with Crippen LogP contribution in [-0.4, -0.2) is 104 Å². The monoisotopic (exact) mass is 674 g/mol. The van der Waals surface area contributed by atoms with Crippen LogP contribution >= 0.6 is 0 Å². The number of nitrogens with two attached hydrogens (primary N) is 1. The fourth-order valence-corrected chi connectivity index (χ4v) is 4.14. The Labute approximate surface area is 279 Å². The highest BCUT2D eigenvalue weighted by Crippen LogP contribution is 2.23. The van der Waals surface area contributed by atoms with Crippen molar-refractivity contribution < 1.29 is 44.0 Å². The number of benzene rings is 3. The number of halogens is 2. The lowest BCUT2D eigenvalue weighted by Gasteiger charge is -2.22. The molecule has 0 saturated carbocycles. The molecule has 0 spiro atoms. The maximum atomic E-state index is 14.4. The summed E-state index contributed by atoms with van der Waals surface area (Å²) in [6.45, 7) is -0.590. The Bertz CT molecular complexity index is 1390. The molecule has 15 heteroatoms. The van der Waals surface area contributed by atoms with Crippen LogP contribution in [0.3, 0.4) is 0 Å². The van der Waals surface area contributed by atoms with E-state index in [0.717, 1.165) is 28.0 Å². The highest BCUT2D eigenvalue weighted by atomic mass is 19.1. The molecule has 48 heavy (non-hydrogen) atoms.